The first kappa shape index (κ1) is 32.9. The maximum absolute atomic E-state index is 13.4. The normalized spacial score (nSPS) is 17.8. The quantitative estimate of drug-likeness (QED) is 0.335. The Morgan fingerprint density at radius 1 is 1.07 bits per heavy atom. The number of aryl methyl sites for hydroxylation is 1. The maximum atomic E-state index is 13.4. The summed E-state index contributed by atoms with van der Waals surface area (Å²) >= 11 is 0. The van der Waals surface area contributed by atoms with Gasteiger partial charge in [-0.05, 0) is 88.4 Å². The van der Waals surface area contributed by atoms with Crippen molar-refractivity contribution in [3.8, 4) is 12.8 Å². The number of aliphatic hydroxyl groups is 1. The smallest absolute Gasteiger partial charge is 0.246 e. The number of aromatic amines is 1. The minimum Gasteiger partial charge on any atom is -0.395 e. The molecule has 218 valence electrons. The van der Waals surface area contributed by atoms with Gasteiger partial charge in [-0.2, -0.15) is 0 Å². The lowest BCUT2D eigenvalue weighted by molar-refractivity contribution is -0.127. The molecule has 0 saturated carbocycles. The van der Waals surface area contributed by atoms with Crippen LogP contribution in [0.15, 0.2) is 30.4 Å². The molecule has 0 bridgehead atoms. The summed E-state index contributed by atoms with van der Waals surface area (Å²) < 4.78 is 26.7. The van der Waals surface area contributed by atoms with E-state index in [4.69, 9.17) is 4.98 Å². The minimum atomic E-state index is -0.667. The Morgan fingerprint density at radius 3 is 2.23 bits per heavy atom. The number of H-pyrrole nitrogens is 1. The molecule has 2 N–H and O–H groups in total. The summed E-state index contributed by atoms with van der Waals surface area (Å²) in [5.41, 5.74) is 2.42. The molecule has 0 radical (unpaired) electrons. The predicted molar refractivity (Wildman–Crippen MR) is 158 cm³/mol. The van der Waals surface area contributed by atoms with Crippen molar-refractivity contribution in [2.75, 3.05) is 32.8 Å². The van der Waals surface area contributed by atoms with Crippen LogP contribution in [0, 0.1) is 37.3 Å². The molecule has 0 spiro atoms. The van der Waals surface area contributed by atoms with E-state index in [-0.39, 0.29) is 18.6 Å². The number of amides is 1. The summed E-state index contributed by atoms with van der Waals surface area (Å²) in [6.45, 7) is 11.2. The molecule has 0 aliphatic carbocycles. The summed E-state index contributed by atoms with van der Waals surface area (Å²) in [6, 6.07) is 3.29. The lowest BCUT2D eigenvalue weighted by Crippen LogP contribution is -2.50. The van der Waals surface area contributed by atoms with Gasteiger partial charge in [0.05, 0.1) is 12.3 Å². The molecule has 8 heteroatoms. The van der Waals surface area contributed by atoms with Gasteiger partial charge in [0.25, 0.3) is 0 Å². The van der Waals surface area contributed by atoms with E-state index in [1.807, 2.05) is 32.9 Å². The van der Waals surface area contributed by atoms with Gasteiger partial charge in [0.2, 0.25) is 5.91 Å². The first-order chi connectivity index (χ1) is 19.4. The van der Waals surface area contributed by atoms with E-state index in [9.17, 15) is 18.7 Å². The van der Waals surface area contributed by atoms with E-state index in [2.05, 4.69) is 29.7 Å². The first-order valence-electron chi connectivity index (χ1n) is 14.2. The number of carbonyl (C=O) groups is 1. The lowest BCUT2D eigenvalue weighted by Gasteiger charge is -2.43. The Balaban J connectivity index is 0.00000134. The second-order valence-corrected chi connectivity index (χ2v) is 9.89. The largest absolute Gasteiger partial charge is 0.395 e. The standard InChI is InChI=1S/C28H36F2N4O2.C2H6.C2H2/c1-3-4-25-19(2)31-28(32-25)22-9-11-33(12-10-22)26(18-35)21-7-13-34(14-8-21)27(36)6-5-20-15-23(29)17-24(30)16-20;2*1-2/h3-6,15-17,21-22,26,35H,7-14,18H2,1-2H3,(H,31,32);1-2H3;1-2H/b4-3-,6-5+;;. The Morgan fingerprint density at radius 2 is 1.68 bits per heavy atom. The van der Waals surface area contributed by atoms with Gasteiger partial charge in [-0.25, -0.2) is 13.8 Å². The number of halogens is 2. The number of benzene rings is 1. The number of piperidine rings is 2. The number of imidazole rings is 1. The van der Waals surface area contributed by atoms with E-state index in [0.717, 1.165) is 62.1 Å². The van der Waals surface area contributed by atoms with Gasteiger partial charge in [-0.15, -0.1) is 12.8 Å². The van der Waals surface area contributed by atoms with Gasteiger partial charge in [-0.1, -0.05) is 19.9 Å². The van der Waals surface area contributed by atoms with Crippen LogP contribution >= 0.6 is 0 Å². The number of carbonyl (C=O) groups excluding carboxylic acids is 1. The summed E-state index contributed by atoms with van der Waals surface area (Å²) in [6.07, 6.45) is 18.5. The highest BCUT2D eigenvalue weighted by atomic mass is 19.1. The fraction of sp³-hybridized carbons (Fsp3) is 0.500. The number of likely N-dealkylation sites (tertiary alicyclic amines) is 2. The Labute approximate surface area is 238 Å². The van der Waals surface area contributed by atoms with Gasteiger partial charge >= 0.3 is 0 Å². The number of nitrogens with zero attached hydrogens (tertiary/aromatic N) is 3. The third-order valence-corrected chi connectivity index (χ3v) is 7.54. The molecule has 2 aliphatic rings. The van der Waals surface area contributed by atoms with Gasteiger partial charge in [0.1, 0.15) is 17.5 Å². The van der Waals surface area contributed by atoms with Crippen LogP contribution < -0.4 is 0 Å². The molecule has 2 aliphatic heterocycles. The average molecular weight is 555 g/mol. The van der Waals surface area contributed by atoms with E-state index >= 15 is 0 Å². The lowest BCUT2D eigenvalue weighted by atomic mass is 9.86. The molecule has 4 rings (SSSR count). The molecule has 6 nitrogen and oxygen atoms in total. The number of aliphatic hydroxyl groups excluding tert-OH is 1. The molecule has 2 fully saturated rings. The van der Waals surface area contributed by atoms with Crippen molar-refractivity contribution in [2.45, 2.75) is 65.3 Å². The van der Waals surface area contributed by atoms with Crippen LogP contribution in [0.5, 0.6) is 0 Å². The Hall–Kier alpha value is -3.28. The molecule has 1 amide bonds. The number of nitrogens with one attached hydrogen (secondary N) is 1. The molecular formula is C32H44F2N4O2. The summed E-state index contributed by atoms with van der Waals surface area (Å²) in [7, 11) is 0. The van der Waals surface area contributed by atoms with Crippen LogP contribution in [-0.4, -0.2) is 69.6 Å². The van der Waals surface area contributed by atoms with Crippen molar-refractivity contribution < 1.29 is 18.7 Å². The van der Waals surface area contributed by atoms with Crippen LogP contribution in [0.2, 0.25) is 0 Å². The van der Waals surface area contributed by atoms with Crippen molar-refractivity contribution in [3.63, 3.8) is 0 Å². The van der Waals surface area contributed by atoms with E-state index in [0.29, 0.717) is 30.5 Å². The van der Waals surface area contributed by atoms with Gasteiger partial charge in [0, 0.05) is 42.9 Å². The Bertz CT molecular complexity index is 1120. The number of allylic oxidation sites excluding steroid dienone is 1. The molecule has 2 saturated heterocycles. The summed E-state index contributed by atoms with van der Waals surface area (Å²) in [4.78, 5) is 25.0. The molecular weight excluding hydrogens is 510 g/mol. The van der Waals surface area contributed by atoms with Crippen LogP contribution in [0.1, 0.15) is 75.1 Å². The minimum absolute atomic E-state index is 0.0888. The zero-order chi connectivity index (χ0) is 29.7. The first-order valence-corrected chi connectivity index (χ1v) is 14.2. The van der Waals surface area contributed by atoms with Crippen LogP contribution in [0.3, 0.4) is 0 Å². The number of aromatic nitrogens is 2. The zero-order valence-corrected chi connectivity index (χ0v) is 24.2. The highest BCUT2D eigenvalue weighted by Crippen LogP contribution is 2.31. The highest BCUT2D eigenvalue weighted by Gasteiger charge is 2.34. The number of rotatable bonds is 7. The van der Waals surface area contributed by atoms with Crippen molar-refractivity contribution >= 4 is 18.1 Å². The number of hydrogen-bond acceptors (Lipinski definition) is 4. The monoisotopic (exact) mass is 554 g/mol. The maximum Gasteiger partial charge on any atom is 0.246 e. The topological polar surface area (TPSA) is 72.5 Å². The second kappa shape index (κ2) is 16.7. The molecule has 3 heterocycles. The molecule has 1 unspecified atom stereocenters. The summed E-state index contributed by atoms with van der Waals surface area (Å²) in [5, 5.41) is 10.2. The van der Waals surface area contributed by atoms with Crippen LogP contribution in [0.4, 0.5) is 8.78 Å². The molecule has 40 heavy (non-hydrogen) atoms. The fourth-order valence-corrected chi connectivity index (χ4v) is 5.53. The van der Waals surface area contributed by atoms with Crippen molar-refractivity contribution in [2.24, 2.45) is 5.92 Å². The SMILES string of the molecule is C#C.C/C=C\c1nc(C2CCN(C(CO)C3CCN(C(=O)/C=C/c4cc(F)cc(F)c4)CC3)CC2)[nH]c1C.CC. The van der Waals surface area contributed by atoms with E-state index < -0.39 is 11.6 Å². The van der Waals surface area contributed by atoms with Crippen LogP contribution in [0.25, 0.3) is 12.2 Å². The number of hydrogen-bond donors (Lipinski definition) is 2. The highest BCUT2D eigenvalue weighted by molar-refractivity contribution is 5.91. The second-order valence-electron chi connectivity index (χ2n) is 9.89. The predicted octanol–water partition coefficient (Wildman–Crippen LogP) is 5.80. The third kappa shape index (κ3) is 8.87. The fourth-order valence-electron chi connectivity index (χ4n) is 5.53. The van der Waals surface area contributed by atoms with Crippen molar-refractivity contribution in [3.05, 3.63) is 64.8 Å². The van der Waals surface area contributed by atoms with Gasteiger partial charge in [0.15, 0.2) is 0 Å². The molecule has 1 aromatic heterocycles. The van der Waals surface area contributed by atoms with Crippen LogP contribution in [-0.2, 0) is 4.79 Å². The Kier molecular flexibility index (Phi) is 13.8. The zero-order valence-electron chi connectivity index (χ0n) is 24.2. The van der Waals surface area contributed by atoms with E-state index in [1.165, 1.54) is 24.3 Å². The molecule has 1 atom stereocenters. The van der Waals surface area contributed by atoms with Gasteiger partial charge in [-0.3, -0.25) is 9.69 Å². The average Bonchev–Trinajstić information content (AvgIpc) is 3.34. The van der Waals surface area contributed by atoms with Crippen molar-refractivity contribution in [1.82, 2.24) is 19.8 Å². The molecule has 2 aromatic rings. The summed E-state index contributed by atoms with van der Waals surface area (Å²) in [5.74, 6) is 0.284. The third-order valence-electron chi connectivity index (χ3n) is 7.54. The van der Waals surface area contributed by atoms with Crippen molar-refractivity contribution in [1.29, 1.82) is 0 Å². The molecule has 1 aromatic carbocycles. The van der Waals surface area contributed by atoms with E-state index in [1.54, 1.807) is 4.90 Å². The number of terminal acetylenes is 1. The van der Waals surface area contributed by atoms with Gasteiger partial charge < -0.3 is 15.0 Å².